The number of unbranched alkanes of at least 4 members (excludes halogenated alkanes) is 1. The summed E-state index contributed by atoms with van der Waals surface area (Å²) in [5.41, 5.74) is 2.78. The van der Waals surface area contributed by atoms with Crippen molar-refractivity contribution >= 4 is 0 Å². The molecule has 1 aliphatic rings. The van der Waals surface area contributed by atoms with E-state index < -0.39 is 0 Å². The van der Waals surface area contributed by atoms with Crippen molar-refractivity contribution in [2.45, 2.75) is 38.6 Å². The van der Waals surface area contributed by atoms with E-state index in [1.807, 2.05) is 0 Å². The zero-order valence-corrected chi connectivity index (χ0v) is 11.6. The number of rotatable bonds is 5. The number of fused-ring (bicyclic) bond motifs is 1. The summed E-state index contributed by atoms with van der Waals surface area (Å²) in [5, 5.41) is 3.60. The second kappa shape index (κ2) is 6.10. The van der Waals surface area contributed by atoms with Crippen LogP contribution in [0, 0.1) is 0 Å². The molecule has 1 atom stereocenters. The highest BCUT2D eigenvalue weighted by Gasteiger charge is 2.21. The van der Waals surface area contributed by atoms with Crippen molar-refractivity contribution in [3.8, 4) is 11.5 Å². The summed E-state index contributed by atoms with van der Waals surface area (Å²) in [5.74, 6) is 1.67. The SMILES string of the molecule is CCCCC1NCCc2cc(OC)c(OC)cc21. The van der Waals surface area contributed by atoms with Crippen LogP contribution in [0.4, 0.5) is 0 Å². The number of hydrogen-bond acceptors (Lipinski definition) is 3. The van der Waals surface area contributed by atoms with Gasteiger partial charge in [0, 0.05) is 6.04 Å². The fourth-order valence-electron chi connectivity index (χ4n) is 2.63. The summed E-state index contributed by atoms with van der Waals surface area (Å²) in [4.78, 5) is 0. The summed E-state index contributed by atoms with van der Waals surface area (Å²) in [6, 6.07) is 4.74. The molecule has 18 heavy (non-hydrogen) atoms. The molecule has 0 bridgehead atoms. The van der Waals surface area contributed by atoms with Crippen LogP contribution < -0.4 is 14.8 Å². The van der Waals surface area contributed by atoms with Crippen LogP contribution in [-0.4, -0.2) is 20.8 Å². The molecule has 0 aliphatic carbocycles. The summed E-state index contributed by atoms with van der Waals surface area (Å²) < 4.78 is 10.8. The Morgan fingerprint density at radius 3 is 2.61 bits per heavy atom. The Bertz CT molecular complexity index is 404. The molecule has 1 heterocycles. The Kier molecular flexibility index (Phi) is 4.48. The van der Waals surface area contributed by atoms with E-state index in [1.165, 1.54) is 30.4 Å². The standard InChI is InChI=1S/C15H23NO2/c1-4-5-6-13-12-10-15(18-3)14(17-2)9-11(12)7-8-16-13/h9-10,13,16H,4-8H2,1-3H3. The van der Waals surface area contributed by atoms with Gasteiger partial charge in [-0.1, -0.05) is 19.8 Å². The second-order valence-electron chi connectivity index (χ2n) is 4.80. The van der Waals surface area contributed by atoms with Crippen molar-refractivity contribution in [1.29, 1.82) is 0 Å². The van der Waals surface area contributed by atoms with Crippen LogP contribution in [0.2, 0.25) is 0 Å². The van der Waals surface area contributed by atoms with E-state index in [0.717, 1.165) is 24.5 Å². The summed E-state index contributed by atoms with van der Waals surface area (Å²) in [7, 11) is 3.39. The second-order valence-corrected chi connectivity index (χ2v) is 4.80. The van der Waals surface area contributed by atoms with Crippen LogP contribution in [0.5, 0.6) is 11.5 Å². The van der Waals surface area contributed by atoms with Crippen molar-refractivity contribution in [3.05, 3.63) is 23.3 Å². The van der Waals surface area contributed by atoms with Crippen LogP contribution in [0.15, 0.2) is 12.1 Å². The molecule has 0 saturated carbocycles. The number of ether oxygens (including phenoxy) is 2. The third-order valence-corrected chi connectivity index (χ3v) is 3.65. The van der Waals surface area contributed by atoms with Crippen LogP contribution in [0.25, 0.3) is 0 Å². The summed E-state index contributed by atoms with van der Waals surface area (Å²) in [6.45, 7) is 3.29. The maximum atomic E-state index is 5.40. The Hall–Kier alpha value is -1.22. The van der Waals surface area contributed by atoms with Crippen LogP contribution in [0.1, 0.15) is 43.4 Å². The lowest BCUT2D eigenvalue weighted by molar-refractivity contribution is 0.351. The van der Waals surface area contributed by atoms with Gasteiger partial charge in [-0.05, 0) is 42.6 Å². The molecule has 1 aromatic rings. The van der Waals surface area contributed by atoms with Crippen molar-refractivity contribution in [1.82, 2.24) is 5.32 Å². The average molecular weight is 249 g/mol. The highest BCUT2D eigenvalue weighted by molar-refractivity contribution is 5.49. The third kappa shape index (κ3) is 2.61. The molecule has 1 aromatic carbocycles. The molecule has 0 saturated heterocycles. The van der Waals surface area contributed by atoms with Crippen molar-refractivity contribution in [2.75, 3.05) is 20.8 Å². The van der Waals surface area contributed by atoms with Gasteiger partial charge in [0.2, 0.25) is 0 Å². The maximum Gasteiger partial charge on any atom is 0.161 e. The minimum absolute atomic E-state index is 0.466. The van der Waals surface area contributed by atoms with Gasteiger partial charge >= 0.3 is 0 Å². The normalized spacial score (nSPS) is 18.3. The first kappa shape index (κ1) is 13.2. The molecule has 100 valence electrons. The third-order valence-electron chi connectivity index (χ3n) is 3.65. The molecule has 0 radical (unpaired) electrons. The van der Waals surface area contributed by atoms with E-state index in [1.54, 1.807) is 14.2 Å². The van der Waals surface area contributed by atoms with Gasteiger partial charge in [-0.3, -0.25) is 0 Å². The highest BCUT2D eigenvalue weighted by atomic mass is 16.5. The first-order chi connectivity index (χ1) is 8.80. The Balaban J connectivity index is 2.31. The highest BCUT2D eigenvalue weighted by Crippen LogP contribution is 2.36. The first-order valence-electron chi connectivity index (χ1n) is 6.78. The van der Waals surface area contributed by atoms with E-state index in [4.69, 9.17) is 9.47 Å². The predicted octanol–water partition coefficient (Wildman–Crippen LogP) is 3.08. The zero-order valence-electron chi connectivity index (χ0n) is 11.6. The lowest BCUT2D eigenvalue weighted by Gasteiger charge is -2.28. The summed E-state index contributed by atoms with van der Waals surface area (Å²) >= 11 is 0. The Labute approximate surface area is 109 Å². The number of methoxy groups -OCH3 is 2. The van der Waals surface area contributed by atoms with Gasteiger partial charge in [0.1, 0.15) is 0 Å². The smallest absolute Gasteiger partial charge is 0.161 e. The van der Waals surface area contributed by atoms with Gasteiger partial charge in [0.05, 0.1) is 14.2 Å². The monoisotopic (exact) mass is 249 g/mol. The minimum atomic E-state index is 0.466. The van der Waals surface area contributed by atoms with Gasteiger partial charge in [-0.15, -0.1) is 0 Å². The van der Waals surface area contributed by atoms with Gasteiger partial charge < -0.3 is 14.8 Å². The van der Waals surface area contributed by atoms with Crippen LogP contribution in [-0.2, 0) is 6.42 Å². The molecule has 0 spiro atoms. The lowest BCUT2D eigenvalue weighted by Crippen LogP contribution is -2.29. The predicted molar refractivity (Wildman–Crippen MR) is 73.5 cm³/mol. The van der Waals surface area contributed by atoms with E-state index >= 15 is 0 Å². The van der Waals surface area contributed by atoms with E-state index in [9.17, 15) is 0 Å². The molecule has 3 heteroatoms. The van der Waals surface area contributed by atoms with Crippen LogP contribution >= 0.6 is 0 Å². The number of nitrogens with one attached hydrogen (secondary N) is 1. The van der Waals surface area contributed by atoms with Crippen molar-refractivity contribution < 1.29 is 9.47 Å². The van der Waals surface area contributed by atoms with Gasteiger partial charge in [-0.25, -0.2) is 0 Å². The van der Waals surface area contributed by atoms with E-state index in [0.29, 0.717) is 6.04 Å². The molecule has 0 fully saturated rings. The fraction of sp³-hybridized carbons (Fsp3) is 0.600. The van der Waals surface area contributed by atoms with Gasteiger partial charge in [0.25, 0.3) is 0 Å². The van der Waals surface area contributed by atoms with Crippen molar-refractivity contribution in [2.24, 2.45) is 0 Å². The molecule has 1 N–H and O–H groups in total. The van der Waals surface area contributed by atoms with E-state index in [-0.39, 0.29) is 0 Å². The molecule has 1 unspecified atom stereocenters. The van der Waals surface area contributed by atoms with Crippen LogP contribution in [0.3, 0.4) is 0 Å². The topological polar surface area (TPSA) is 30.5 Å². The first-order valence-corrected chi connectivity index (χ1v) is 6.78. The molecule has 3 nitrogen and oxygen atoms in total. The van der Waals surface area contributed by atoms with E-state index in [2.05, 4.69) is 24.4 Å². The van der Waals surface area contributed by atoms with Gasteiger partial charge in [0.15, 0.2) is 11.5 Å². The molecule has 2 rings (SSSR count). The molecular formula is C15H23NO2. The molecule has 0 aromatic heterocycles. The largest absolute Gasteiger partial charge is 0.493 e. The molecular weight excluding hydrogens is 226 g/mol. The van der Waals surface area contributed by atoms with Gasteiger partial charge in [-0.2, -0.15) is 0 Å². The molecule has 1 aliphatic heterocycles. The lowest BCUT2D eigenvalue weighted by atomic mass is 9.91. The molecule has 0 amide bonds. The minimum Gasteiger partial charge on any atom is -0.493 e. The van der Waals surface area contributed by atoms with Crippen molar-refractivity contribution in [3.63, 3.8) is 0 Å². The fourth-order valence-corrected chi connectivity index (χ4v) is 2.63. The number of benzene rings is 1. The quantitative estimate of drug-likeness (QED) is 0.870. The average Bonchev–Trinajstić information content (AvgIpc) is 2.43. The number of hydrogen-bond donors (Lipinski definition) is 1. The Morgan fingerprint density at radius 1 is 1.22 bits per heavy atom. The maximum absolute atomic E-state index is 5.40. The zero-order chi connectivity index (χ0) is 13.0. The Morgan fingerprint density at radius 2 is 1.94 bits per heavy atom. The summed E-state index contributed by atoms with van der Waals surface area (Å²) in [6.07, 6.45) is 4.75.